The molecular formula is C21H27N5O. The zero-order chi connectivity index (χ0) is 19.0. The average Bonchev–Trinajstić information content (AvgIpc) is 3.29. The van der Waals surface area contributed by atoms with Crippen molar-refractivity contribution in [3.63, 3.8) is 0 Å². The second-order valence-electron chi connectivity index (χ2n) is 7.64. The zero-order valence-electron chi connectivity index (χ0n) is 16.3. The Hall–Kier alpha value is -2.63. The zero-order valence-corrected chi connectivity index (χ0v) is 16.3. The Morgan fingerprint density at radius 1 is 1.26 bits per heavy atom. The average molecular weight is 365 g/mol. The fraction of sp³-hybridized carbons (Fsp3) is 0.476. The molecule has 1 N–H and O–H groups in total. The van der Waals surface area contributed by atoms with Crippen molar-refractivity contribution >= 4 is 16.9 Å². The van der Waals surface area contributed by atoms with E-state index < -0.39 is 0 Å². The Labute approximate surface area is 159 Å². The summed E-state index contributed by atoms with van der Waals surface area (Å²) in [5.41, 5.74) is 4.52. The molecule has 0 atom stereocenters. The van der Waals surface area contributed by atoms with E-state index in [4.69, 9.17) is 4.98 Å². The van der Waals surface area contributed by atoms with Crippen LogP contribution in [0, 0.1) is 13.8 Å². The van der Waals surface area contributed by atoms with E-state index in [9.17, 15) is 4.79 Å². The molecule has 6 heteroatoms. The summed E-state index contributed by atoms with van der Waals surface area (Å²) in [5, 5.41) is 0. The van der Waals surface area contributed by atoms with E-state index in [-0.39, 0.29) is 5.91 Å². The number of likely N-dealkylation sites (tertiary alicyclic amines) is 1. The highest BCUT2D eigenvalue weighted by Gasteiger charge is 2.25. The fourth-order valence-corrected chi connectivity index (χ4v) is 4.02. The molecule has 0 spiro atoms. The summed E-state index contributed by atoms with van der Waals surface area (Å²) in [5.74, 6) is 2.71. The quantitative estimate of drug-likeness (QED) is 0.772. The van der Waals surface area contributed by atoms with Gasteiger partial charge in [-0.3, -0.25) is 4.79 Å². The van der Waals surface area contributed by atoms with Crippen LogP contribution in [0.25, 0.3) is 11.0 Å². The van der Waals surface area contributed by atoms with Crippen LogP contribution in [0.5, 0.6) is 0 Å². The Morgan fingerprint density at radius 3 is 2.74 bits per heavy atom. The first-order chi connectivity index (χ1) is 13.0. The Bertz CT molecular complexity index is 962. The van der Waals surface area contributed by atoms with Crippen LogP contribution >= 0.6 is 0 Å². The van der Waals surface area contributed by atoms with Crippen LogP contribution in [0.4, 0.5) is 0 Å². The maximum atomic E-state index is 12.6. The van der Waals surface area contributed by atoms with E-state index in [1.54, 1.807) is 0 Å². The first-order valence-electron chi connectivity index (χ1n) is 9.72. The molecule has 0 saturated carbocycles. The summed E-state index contributed by atoms with van der Waals surface area (Å²) >= 11 is 0. The van der Waals surface area contributed by atoms with Gasteiger partial charge in [0.15, 0.2) is 0 Å². The normalized spacial score (nSPS) is 15.6. The Morgan fingerprint density at radius 2 is 2.04 bits per heavy atom. The number of aromatic nitrogens is 4. The number of piperidine rings is 1. The van der Waals surface area contributed by atoms with Crippen LogP contribution in [0.3, 0.4) is 0 Å². The number of nitrogens with zero attached hydrogens (tertiary/aromatic N) is 4. The molecule has 6 nitrogen and oxygen atoms in total. The van der Waals surface area contributed by atoms with Crippen LogP contribution in [-0.2, 0) is 18.3 Å². The summed E-state index contributed by atoms with van der Waals surface area (Å²) in [4.78, 5) is 27.2. The highest BCUT2D eigenvalue weighted by atomic mass is 16.2. The summed E-state index contributed by atoms with van der Waals surface area (Å²) in [6, 6.07) is 4.18. The lowest BCUT2D eigenvalue weighted by Gasteiger charge is -2.31. The van der Waals surface area contributed by atoms with Crippen molar-refractivity contribution in [2.75, 3.05) is 13.1 Å². The van der Waals surface area contributed by atoms with Gasteiger partial charge in [-0.25, -0.2) is 9.97 Å². The number of imidazole rings is 2. The molecule has 1 amide bonds. The molecule has 1 aliphatic heterocycles. The standard InChI is InChI=1S/C21H27N5O/c1-14-4-5-17-20(15(14)2)24-18(23-17)6-7-19(27)26-11-8-16(9-12-26)21-22-10-13-25(21)3/h4-5,10,13,16H,6-9,11-12H2,1-3H3,(H,23,24). The maximum absolute atomic E-state index is 12.6. The molecule has 0 bridgehead atoms. The maximum Gasteiger partial charge on any atom is 0.223 e. The molecule has 1 aliphatic rings. The second kappa shape index (κ2) is 7.18. The number of nitrogens with one attached hydrogen (secondary N) is 1. The molecule has 142 valence electrons. The lowest BCUT2D eigenvalue weighted by Crippen LogP contribution is -2.38. The molecule has 3 aromatic rings. The Kier molecular flexibility index (Phi) is 4.72. The highest BCUT2D eigenvalue weighted by Crippen LogP contribution is 2.27. The third kappa shape index (κ3) is 3.48. The summed E-state index contributed by atoms with van der Waals surface area (Å²) < 4.78 is 2.09. The van der Waals surface area contributed by atoms with Crippen molar-refractivity contribution in [1.82, 2.24) is 24.4 Å². The number of fused-ring (bicyclic) bond motifs is 1. The Balaban J connectivity index is 1.34. The molecular weight excluding hydrogens is 338 g/mol. The number of benzene rings is 1. The molecule has 2 aromatic heterocycles. The third-order valence-electron chi connectivity index (χ3n) is 5.87. The van der Waals surface area contributed by atoms with E-state index >= 15 is 0 Å². The van der Waals surface area contributed by atoms with Gasteiger partial charge >= 0.3 is 0 Å². The molecule has 1 aromatic carbocycles. The van der Waals surface area contributed by atoms with Gasteiger partial charge in [-0.2, -0.15) is 0 Å². The minimum atomic E-state index is 0.224. The van der Waals surface area contributed by atoms with Crippen molar-refractivity contribution in [2.24, 2.45) is 7.05 Å². The molecule has 3 heterocycles. The molecule has 1 fully saturated rings. The van der Waals surface area contributed by atoms with Gasteiger partial charge in [0, 0.05) is 51.3 Å². The molecule has 27 heavy (non-hydrogen) atoms. The van der Waals surface area contributed by atoms with Crippen LogP contribution in [0.1, 0.15) is 48.0 Å². The van der Waals surface area contributed by atoms with Gasteiger partial charge in [0.05, 0.1) is 11.0 Å². The first kappa shape index (κ1) is 17.8. The number of hydrogen-bond donors (Lipinski definition) is 1. The lowest BCUT2D eigenvalue weighted by atomic mass is 9.95. The minimum absolute atomic E-state index is 0.224. The van der Waals surface area contributed by atoms with Gasteiger partial charge < -0.3 is 14.5 Å². The number of hydrogen-bond acceptors (Lipinski definition) is 3. The van der Waals surface area contributed by atoms with Crippen molar-refractivity contribution in [3.05, 3.63) is 47.3 Å². The van der Waals surface area contributed by atoms with Crippen molar-refractivity contribution in [1.29, 1.82) is 0 Å². The predicted octanol–water partition coefficient (Wildman–Crippen LogP) is 3.25. The van der Waals surface area contributed by atoms with Gasteiger partial charge in [-0.1, -0.05) is 6.07 Å². The molecule has 0 aliphatic carbocycles. The number of carbonyl (C=O) groups excluding carboxylic acids is 1. The smallest absolute Gasteiger partial charge is 0.223 e. The minimum Gasteiger partial charge on any atom is -0.343 e. The van der Waals surface area contributed by atoms with E-state index in [1.807, 2.05) is 24.3 Å². The van der Waals surface area contributed by atoms with Crippen LogP contribution < -0.4 is 0 Å². The van der Waals surface area contributed by atoms with Crippen LogP contribution in [-0.4, -0.2) is 43.4 Å². The largest absolute Gasteiger partial charge is 0.343 e. The van der Waals surface area contributed by atoms with E-state index in [1.165, 1.54) is 11.1 Å². The summed E-state index contributed by atoms with van der Waals surface area (Å²) in [7, 11) is 2.04. The van der Waals surface area contributed by atoms with E-state index in [0.717, 1.165) is 48.6 Å². The van der Waals surface area contributed by atoms with Gasteiger partial charge in [0.25, 0.3) is 0 Å². The van der Waals surface area contributed by atoms with Crippen molar-refractivity contribution < 1.29 is 4.79 Å². The van der Waals surface area contributed by atoms with E-state index in [0.29, 0.717) is 18.8 Å². The summed E-state index contributed by atoms with van der Waals surface area (Å²) in [6.07, 6.45) is 6.97. The third-order valence-corrected chi connectivity index (χ3v) is 5.87. The van der Waals surface area contributed by atoms with E-state index in [2.05, 4.69) is 40.5 Å². The van der Waals surface area contributed by atoms with Crippen molar-refractivity contribution in [2.45, 2.75) is 45.4 Å². The molecule has 1 saturated heterocycles. The van der Waals surface area contributed by atoms with Crippen LogP contribution in [0.15, 0.2) is 24.5 Å². The van der Waals surface area contributed by atoms with Gasteiger partial charge in [-0.05, 0) is 43.9 Å². The highest BCUT2D eigenvalue weighted by molar-refractivity contribution is 5.80. The summed E-state index contributed by atoms with van der Waals surface area (Å²) in [6.45, 7) is 5.82. The van der Waals surface area contributed by atoms with Gasteiger partial charge in [0.2, 0.25) is 5.91 Å². The van der Waals surface area contributed by atoms with Gasteiger partial charge in [-0.15, -0.1) is 0 Å². The number of rotatable bonds is 4. The lowest BCUT2D eigenvalue weighted by molar-refractivity contribution is -0.132. The molecule has 0 unspecified atom stereocenters. The number of H-pyrrole nitrogens is 1. The predicted molar refractivity (Wildman–Crippen MR) is 106 cm³/mol. The van der Waals surface area contributed by atoms with Crippen LogP contribution in [0.2, 0.25) is 0 Å². The monoisotopic (exact) mass is 365 g/mol. The molecule has 4 rings (SSSR count). The fourth-order valence-electron chi connectivity index (χ4n) is 4.02. The number of aryl methyl sites for hydroxylation is 4. The van der Waals surface area contributed by atoms with Gasteiger partial charge in [0.1, 0.15) is 11.6 Å². The number of amides is 1. The second-order valence-corrected chi connectivity index (χ2v) is 7.64. The number of aromatic amines is 1. The van der Waals surface area contributed by atoms with Crippen molar-refractivity contribution in [3.8, 4) is 0 Å². The SMILES string of the molecule is Cc1ccc2[nH]c(CCC(=O)N3CCC(c4nccn4C)CC3)nc2c1C. The first-order valence-corrected chi connectivity index (χ1v) is 9.72. The molecule has 0 radical (unpaired) electrons. The topological polar surface area (TPSA) is 66.8 Å². The number of carbonyl (C=O) groups is 1.